The lowest BCUT2D eigenvalue weighted by atomic mass is 10.1. The molecule has 6 heteroatoms. The third-order valence-electron chi connectivity index (χ3n) is 3.35. The van der Waals surface area contributed by atoms with Gasteiger partial charge in [0.25, 0.3) is 0 Å². The van der Waals surface area contributed by atoms with Gasteiger partial charge in [0, 0.05) is 36.2 Å². The van der Waals surface area contributed by atoms with Gasteiger partial charge in [0.2, 0.25) is 5.88 Å². The normalized spacial score (nSPS) is 10.3. The molecule has 0 fully saturated rings. The van der Waals surface area contributed by atoms with Gasteiger partial charge in [-0.2, -0.15) is 0 Å². The topological polar surface area (TPSA) is 53.5 Å². The van der Waals surface area contributed by atoms with Crippen molar-refractivity contribution in [1.29, 1.82) is 0 Å². The Labute approximate surface area is 144 Å². The molecule has 122 valence electrons. The van der Waals surface area contributed by atoms with E-state index in [4.69, 9.17) is 25.8 Å². The zero-order chi connectivity index (χ0) is 16.9. The van der Waals surface area contributed by atoms with Crippen LogP contribution in [0.15, 0.2) is 54.9 Å². The van der Waals surface area contributed by atoms with Crippen LogP contribution in [0.4, 0.5) is 0 Å². The Kier molecular flexibility index (Phi) is 4.82. The van der Waals surface area contributed by atoms with E-state index < -0.39 is 0 Å². The molecular formula is C18H15ClN2O3. The van der Waals surface area contributed by atoms with E-state index in [2.05, 4.69) is 9.97 Å². The smallest absolute Gasteiger partial charge is 0.227 e. The van der Waals surface area contributed by atoms with Gasteiger partial charge in [-0.1, -0.05) is 11.6 Å². The maximum Gasteiger partial charge on any atom is 0.227 e. The fourth-order valence-electron chi connectivity index (χ4n) is 2.21. The van der Waals surface area contributed by atoms with Crippen LogP contribution in [0.1, 0.15) is 0 Å². The van der Waals surface area contributed by atoms with Crippen LogP contribution < -0.4 is 14.2 Å². The van der Waals surface area contributed by atoms with Crippen molar-refractivity contribution in [3.05, 3.63) is 60.0 Å². The van der Waals surface area contributed by atoms with E-state index in [9.17, 15) is 0 Å². The lowest BCUT2D eigenvalue weighted by Crippen LogP contribution is -1.94. The van der Waals surface area contributed by atoms with Gasteiger partial charge in [0.05, 0.1) is 14.2 Å². The first-order chi connectivity index (χ1) is 11.7. The molecule has 2 heterocycles. The molecule has 1 aromatic carbocycles. The Morgan fingerprint density at radius 2 is 1.54 bits per heavy atom. The van der Waals surface area contributed by atoms with Gasteiger partial charge in [-0.25, -0.2) is 9.97 Å². The fourth-order valence-corrected chi connectivity index (χ4v) is 2.39. The van der Waals surface area contributed by atoms with Gasteiger partial charge < -0.3 is 14.2 Å². The van der Waals surface area contributed by atoms with E-state index in [1.54, 1.807) is 50.9 Å². The van der Waals surface area contributed by atoms with E-state index in [1.807, 2.05) is 18.2 Å². The highest BCUT2D eigenvalue weighted by atomic mass is 35.5. The summed E-state index contributed by atoms with van der Waals surface area (Å²) in [4.78, 5) is 8.32. The molecule has 2 aromatic heterocycles. The van der Waals surface area contributed by atoms with Gasteiger partial charge in [-0.05, 0) is 29.8 Å². The fraction of sp³-hybridized carbons (Fsp3) is 0.111. The van der Waals surface area contributed by atoms with E-state index in [0.717, 1.165) is 11.1 Å². The van der Waals surface area contributed by atoms with Gasteiger partial charge >= 0.3 is 0 Å². The number of halogens is 1. The lowest BCUT2D eigenvalue weighted by molar-refractivity contribution is 0.385. The number of benzene rings is 1. The molecule has 0 aliphatic rings. The SMILES string of the molecule is COc1cc(OC)cc(Oc2ncccc2-c2ccnc(Cl)c2)c1. The molecule has 0 aliphatic carbocycles. The van der Waals surface area contributed by atoms with Crippen molar-refractivity contribution in [3.63, 3.8) is 0 Å². The number of rotatable bonds is 5. The first kappa shape index (κ1) is 16.1. The molecule has 0 atom stereocenters. The summed E-state index contributed by atoms with van der Waals surface area (Å²) in [5.41, 5.74) is 1.68. The van der Waals surface area contributed by atoms with Crippen LogP contribution in [0.3, 0.4) is 0 Å². The Hall–Kier alpha value is -2.79. The molecule has 0 saturated carbocycles. The second-order valence-electron chi connectivity index (χ2n) is 4.87. The summed E-state index contributed by atoms with van der Waals surface area (Å²) in [7, 11) is 3.17. The Morgan fingerprint density at radius 1 is 0.833 bits per heavy atom. The van der Waals surface area contributed by atoms with Crippen molar-refractivity contribution in [2.24, 2.45) is 0 Å². The van der Waals surface area contributed by atoms with E-state index >= 15 is 0 Å². The Morgan fingerprint density at radius 3 is 2.21 bits per heavy atom. The maximum atomic E-state index is 5.98. The molecule has 3 rings (SSSR count). The summed E-state index contributed by atoms with van der Waals surface area (Å²) in [5, 5.41) is 0.408. The van der Waals surface area contributed by atoms with Crippen LogP contribution in [0.2, 0.25) is 5.15 Å². The zero-order valence-corrected chi connectivity index (χ0v) is 13.9. The molecule has 0 unspecified atom stereocenters. The average Bonchev–Trinajstić information content (AvgIpc) is 2.61. The standard InChI is InChI=1S/C18H15ClN2O3/c1-22-13-9-14(23-2)11-15(10-13)24-18-16(4-3-6-21-18)12-5-7-20-17(19)8-12/h3-11H,1-2H3. The number of hydrogen-bond donors (Lipinski definition) is 0. The summed E-state index contributed by atoms with van der Waals surface area (Å²) in [6.07, 6.45) is 3.31. The molecule has 0 amide bonds. The number of methoxy groups -OCH3 is 2. The van der Waals surface area contributed by atoms with Gasteiger partial charge in [-0.15, -0.1) is 0 Å². The van der Waals surface area contributed by atoms with E-state index in [1.165, 1.54) is 0 Å². The van der Waals surface area contributed by atoms with Crippen LogP contribution in [0.25, 0.3) is 11.1 Å². The number of hydrogen-bond acceptors (Lipinski definition) is 5. The molecule has 0 radical (unpaired) electrons. The molecule has 0 bridgehead atoms. The summed E-state index contributed by atoms with van der Waals surface area (Å²) in [6.45, 7) is 0. The monoisotopic (exact) mass is 342 g/mol. The molecule has 24 heavy (non-hydrogen) atoms. The largest absolute Gasteiger partial charge is 0.496 e. The molecule has 0 N–H and O–H groups in total. The van der Waals surface area contributed by atoms with Crippen molar-refractivity contribution in [3.8, 4) is 34.3 Å². The first-order valence-electron chi connectivity index (χ1n) is 7.17. The maximum absolute atomic E-state index is 5.98. The predicted octanol–water partition coefficient (Wildman–Crippen LogP) is 4.61. The van der Waals surface area contributed by atoms with Crippen LogP contribution in [0, 0.1) is 0 Å². The van der Waals surface area contributed by atoms with Crippen molar-refractivity contribution in [2.75, 3.05) is 14.2 Å². The van der Waals surface area contributed by atoms with E-state index in [0.29, 0.717) is 28.3 Å². The number of ether oxygens (including phenoxy) is 3. The van der Waals surface area contributed by atoms with Crippen LogP contribution in [-0.2, 0) is 0 Å². The third kappa shape index (κ3) is 3.58. The summed E-state index contributed by atoms with van der Waals surface area (Å²) in [6, 6.07) is 12.7. The minimum Gasteiger partial charge on any atom is -0.496 e. The second-order valence-corrected chi connectivity index (χ2v) is 5.26. The third-order valence-corrected chi connectivity index (χ3v) is 3.55. The Balaban J connectivity index is 2.00. The van der Waals surface area contributed by atoms with Crippen LogP contribution in [-0.4, -0.2) is 24.2 Å². The van der Waals surface area contributed by atoms with Crippen molar-refractivity contribution in [1.82, 2.24) is 9.97 Å². The number of nitrogens with zero attached hydrogens (tertiary/aromatic N) is 2. The summed E-state index contributed by atoms with van der Waals surface area (Å²) < 4.78 is 16.5. The van der Waals surface area contributed by atoms with Crippen molar-refractivity contribution in [2.45, 2.75) is 0 Å². The first-order valence-corrected chi connectivity index (χ1v) is 7.55. The quantitative estimate of drug-likeness (QED) is 0.634. The van der Waals surface area contributed by atoms with Crippen LogP contribution >= 0.6 is 11.6 Å². The minimum atomic E-state index is 0.408. The van der Waals surface area contributed by atoms with Crippen LogP contribution in [0.5, 0.6) is 23.1 Å². The van der Waals surface area contributed by atoms with Crippen molar-refractivity contribution < 1.29 is 14.2 Å². The zero-order valence-electron chi connectivity index (χ0n) is 13.2. The lowest BCUT2D eigenvalue weighted by Gasteiger charge is -2.12. The molecular weight excluding hydrogens is 328 g/mol. The molecule has 0 aliphatic heterocycles. The highest BCUT2D eigenvalue weighted by molar-refractivity contribution is 6.29. The van der Waals surface area contributed by atoms with Gasteiger partial charge in [0.15, 0.2) is 0 Å². The summed E-state index contributed by atoms with van der Waals surface area (Å²) >= 11 is 5.98. The highest BCUT2D eigenvalue weighted by Crippen LogP contribution is 2.35. The average molecular weight is 343 g/mol. The highest BCUT2D eigenvalue weighted by Gasteiger charge is 2.11. The van der Waals surface area contributed by atoms with Gasteiger partial charge in [-0.3, -0.25) is 0 Å². The Bertz CT molecular complexity index is 833. The van der Waals surface area contributed by atoms with Crippen molar-refractivity contribution >= 4 is 11.6 Å². The molecule has 0 saturated heterocycles. The van der Waals surface area contributed by atoms with E-state index in [-0.39, 0.29) is 0 Å². The molecule has 0 spiro atoms. The molecule has 5 nitrogen and oxygen atoms in total. The summed E-state index contributed by atoms with van der Waals surface area (Å²) in [5.74, 6) is 2.28. The predicted molar refractivity (Wildman–Crippen MR) is 92.1 cm³/mol. The number of pyridine rings is 2. The molecule has 3 aromatic rings. The minimum absolute atomic E-state index is 0.408. The number of aromatic nitrogens is 2. The van der Waals surface area contributed by atoms with Gasteiger partial charge in [0.1, 0.15) is 22.4 Å². The second kappa shape index (κ2) is 7.19.